The van der Waals surface area contributed by atoms with Crippen LogP contribution in [0, 0.1) is 4.77 Å². The van der Waals surface area contributed by atoms with Gasteiger partial charge in [-0.2, -0.15) is 0 Å². The fraction of sp³-hybridized carbons (Fsp3) is 0.250. The zero-order chi connectivity index (χ0) is 13.3. The maximum atomic E-state index is 11.9. The molecule has 0 fully saturated rings. The molecule has 2 rings (SSSR count). The first-order valence-corrected chi connectivity index (χ1v) is 5.96. The molecule has 0 radical (unpaired) electrons. The maximum absolute atomic E-state index is 11.9. The van der Waals surface area contributed by atoms with E-state index >= 15 is 0 Å². The van der Waals surface area contributed by atoms with Crippen molar-refractivity contribution in [2.45, 2.75) is 6.92 Å². The van der Waals surface area contributed by atoms with Gasteiger partial charge in [-0.05, 0) is 37.3 Å². The summed E-state index contributed by atoms with van der Waals surface area (Å²) in [6.45, 7) is 2.41. The molecule has 1 aromatic carbocycles. The van der Waals surface area contributed by atoms with Crippen molar-refractivity contribution in [3.05, 3.63) is 38.9 Å². The summed E-state index contributed by atoms with van der Waals surface area (Å²) in [6.07, 6.45) is 0. The molecule has 0 saturated carbocycles. The SMILES string of the molecule is CCNC(=O)c1ccc2c(=O)n(C)c(=S)[nH]c2c1. The van der Waals surface area contributed by atoms with Crippen LogP contribution in [0.1, 0.15) is 17.3 Å². The van der Waals surface area contributed by atoms with Crippen LogP contribution in [-0.2, 0) is 7.05 Å². The Morgan fingerprint density at radius 1 is 1.50 bits per heavy atom. The quantitative estimate of drug-likeness (QED) is 0.804. The minimum Gasteiger partial charge on any atom is -0.352 e. The first-order chi connectivity index (χ1) is 8.54. The van der Waals surface area contributed by atoms with Gasteiger partial charge in [-0.25, -0.2) is 0 Å². The van der Waals surface area contributed by atoms with Crippen LogP contribution in [0.25, 0.3) is 10.9 Å². The van der Waals surface area contributed by atoms with E-state index in [1.54, 1.807) is 25.2 Å². The lowest BCUT2D eigenvalue weighted by Crippen LogP contribution is -2.23. The second kappa shape index (κ2) is 4.73. The number of amides is 1. The lowest BCUT2D eigenvalue weighted by atomic mass is 10.1. The summed E-state index contributed by atoms with van der Waals surface area (Å²) in [7, 11) is 1.61. The molecule has 1 amide bonds. The van der Waals surface area contributed by atoms with Crippen LogP contribution < -0.4 is 10.9 Å². The number of carbonyl (C=O) groups excluding carboxylic acids is 1. The van der Waals surface area contributed by atoms with Crippen LogP contribution in [0.15, 0.2) is 23.0 Å². The highest BCUT2D eigenvalue weighted by Crippen LogP contribution is 2.10. The van der Waals surface area contributed by atoms with Gasteiger partial charge in [-0.1, -0.05) is 0 Å². The minimum atomic E-state index is -0.170. The van der Waals surface area contributed by atoms with Crippen molar-refractivity contribution in [1.82, 2.24) is 14.9 Å². The molecular weight excluding hydrogens is 250 g/mol. The molecule has 2 aromatic rings. The molecule has 0 spiro atoms. The summed E-state index contributed by atoms with van der Waals surface area (Å²) < 4.78 is 1.70. The first-order valence-electron chi connectivity index (χ1n) is 5.56. The largest absolute Gasteiger partial charge is 0.352 e. The minimum absolute atomic E-state index is 0.167. The average Bonchev–Trinajstić information content (AvgIpc) is 2.36. The zero-order valence-electron chi connectivity index (χ0n) is 10.1. The number of nitrogens with zero attached hydrogens (tertiary/aromatic N) is 1. The number of benzene rings is 1. The van der Waals surface area contributed by atoms with E-state index < -0.39 is 0 Å². The van der Waals surface area contributed by atoms with Crippen LogP contribution in [0.3, 0.4) is 0 Å². The summed E-state index contributed by atoms with van der Waals surface area (Å²) in [4.78, 5) is 26.6. The lowest BCUT2D eigenvalue weighted by Gasteiger charge is -2.05. The van der Waals surface area contributed by atoms with Gasteiger partial charge in [0, 0.05) is 19.2 Å². The number of rotatable bonds is 2. The van der Waals surface area contributed by atoms with Crippen molar-refractivity contribution in [3.8, 4) is 0 Å². The number of carbonyl (C=O) groups is 1. The summed E-state index contributed by atoms with van der Waals surface area (Å²) in [5.74, 6) is -0.167. The van der Waals surface area contributed by atoms with Crippen molar-refractivity contribution in [3.63, 3.8) is 0 Å². The molecule has 0 bridgehead atoms. The van der Waals surface area contributed by atoms with Gasteiger partial charge < -0.3 is 10.3 Å². The molecule has 0 unspecified atom stereocenters. The van der Waals surface area contributed by atoms with Gasteiger partial charge in [0.2, 0.25) is 0 Å². The second-order valence-electron chi connectivity index (χ2n) is 3.91. The Balaban J connectivity index is 2.67. The van der Waals surface area contributed by atoms with Crippen molar-refractivity contribution < 1.29 is 4.79 Å². The van der Waals surface area contributed by atoms with E-state index in [9.17, 15) is 9.59 Å². The highest BCUT2D eigenvalue weighted by molar-refractivity contribution is 7.71. The fourth-order valence-electron chi connectivity index (χ4n) is 1.71. The van der Waals surface area contributed by atoms with Crippen molar-refractivity contribution in [2.24, 2.45) is 7.05 Å². The lowest BCUT2D eigenvalue weighted by molar-refractivity contribution is 0.0956. The van der Waals surface area contributed by atoms with Gasteiger partial charge in [-0.15, -0.1) is 0 Å². The Bertz CT molecular complexity index is 730. The van der Waals surface area contributed by atoms with Crippen LogP contribution in [-0.4, -0.2) is 22.0 Å². The molecule has 1 aromatic heterocycles. The average molecular weight is 263 g/mol. The number of H-pyrrole nitrogens is 1. The third-order valence-electron chi connectivity index (χ3n) is 2.70. The highest BCUT2D eigenvalue weighted by atomic mass is 32.1. The predicted molar refractivity (Wildman–Crippen MR) is 72.4 cm³/mol. The van der Waals surface area contributed by atoms with Gasteiger partial charge in [0.25, 0.3) is 11.5 Å². The summed E-state index contributed by atoms with van der Waals surface area (Å²) in [6, 6.07) is 4.90. The molecule has 18 heavy (non-hydrogen) atoms. The van der Waals surface area contributed by atoms with Gasteiger partial charge in [0.15, 0.2) is 4.77 Å². The number of hydrogen-bond acceptors (Lipinski definition) is 3. The van der Waals surface area contributed by atoms with E-state index in [-0.39, 0.29) is 11.5 Å². The van der Waals surface area contributed by atoms with Crippen molar-refractivity contribution in [1.29, 1.82) is 0 Å². The van der Waals surface area contributed by atoms with Gasteiger partial charge >= 0.3 is 0 Å². The third kappa shape index (κ3) is 2.06. The van der Waals surface area contributed by atoms with E-state index in [0.717, 1.165) is 0 Å². The summed E-state index contributed by atoms with van der Waals surface area (Å²) >= 11 is 5.04. The monoisotopic (exact) mass is 263 g/mol. The van der Waals surface area contributed by atoms with Crippen LogP contribution >= 0.6 is 12.2 Å². The highest BCUT2D eigenvalue weighted by Gasteiger charge is 2.08. The van der Waals surface area contributed by atoms with E-state index in [4.69, 9.17) is 12.2 Å². The van der Waals surface area contributed by atoms with Crippen LogP contribution in [0.5, 0.6) is 0 Å². The maximum Gasteiger partial charge on any atom is 0.261 e. The number of aromatic amines is 1. The number of nitrogens with one attached hydrogen (secondary N) is 2. The van der Waals surface area contributed by atoms with Gasteiger partial charge in [0.1, 0.15) is 0 Å². The third-order valence-corrected chi connectivity index (χ3v) is 3.08. The topological polar surface area (TPSA) is 66.9 Å². The van der Waals surface area contributed by atoms with E-state index in [2.05, 4.69) is 10.3 Å². The molecular formula is C12H13N3O2S. The Labute approximate surface area is 108 Å². The van der Waals surface area contributed by atoms with Crippen LogP contribution in [0.2, 0.25) is 0 Å². The van der Waals surface area contributed by atoms with E-state index in [0.29, 0.717) is 27.8 Å². The normalized spacial score (nSPS) is 10.6. The molecule has 0 saturated heterocycles. The second-order valence-corrected chi connectivity index (χ2v) is 4.30. The number of aromatic nitrogens is 2. The summed E-state index contributed by atoms with van der Waals surface area (Å²) in [5, 5.41) is 3.22. The molecule has 0 aliphatic rings. The summed E-state index contributed by atoms with van der Waals surface area (Å²) in [5.41, 5.74) is 0.909. The van der Waals surface area contributed by atoms with Gasteiger partial charge in [-0.3, -0.25) is 14.2 Å². The van der Waals surface area contributed by atoms with Gasteiger partial charge in [0.05, 0.1) is 10.9 Å². The number of fused-ring (bicyclic) bond motifs is 1. The molecule has 5 nitrogen and oxygen atoms in total. The Kier molecular flexibility index (Phi) is 3.29. The predicted octanol–water partition coefficient (Wildman–Crippen LogP) is 1.35. The smallest absolute Gasteiger partial charge is 0.261 e. The molecule has 2 N–H and O–H groups in total. The molecule has 0 aliphatic carbocycles. The van der Waals surface area contributed by atoms with E-state index in [1.165, 1.54) is 4.57 Å². The molecule has 0 aliphatic heterocycles. The first kappa shape index (κ1) is 12.5. The zero-order valence-corrected chi connectivity index (χ0v) is 10.9. The Morgan fingerprint density at radius 2 is 2.22 bits per heavy atom. The van der Waals surface area contributed by atoms with Crippen LogP contribution in [0.4, 0.5) is 0 Å². The molecule has 0 atom stereocenters. The molecule has 6 heteroatoms. The standard InChI is InChI=1S/C12H13N3O2S/c1-3-13-10(16)7-4-5-8-9(6-7)14-12(18)15(2)11(8)17/h4-6H,3H2,1-2H3,(H,13,16)(H,14,18). The number of hydrogen-bond donors (Lipinski definition) is 2. The van der Waals surface area contributed by atoms with Crippen molar-refractivity contribution in [2.75, 3.05) is 6.54 Å². The Morgan fingerprint density at radius 3 is 2.89 bits per heavy atom. The molecule has 94 valence electrons. The Hall–Kier alpha value is -1.95. The van der Waals surface area contributed by atoms with Crippen molar-refractivity contribution >= 4 is 29.0 Å². The van der Waals surface area contributed by atoms with E-state index in [1.807, 2.05) is 6.92 Å². The molecule has 1 heterocycles. The fourth-order valence-corrected chi connectivity index (χ4v) is 1.90.